The molecule has 0 atom stereocenters. The molecule has 0 fully saturated rings. The van der Waals surface area contributed by atoms with Gasteiger partial charge in [-0.05, 0) is 29.5 Å². The van der Waals surface area contributed by atoms with Gasteiger partial charge in [-0.1, -0.05) is 22.0 Å². The van der Waals surface area contributed by atoms with Crippen LogP contribution in [-0.2, 0) is 5.33 Å². The summed E-state index contributed by atoms with van der Waals surface area (Å²) in [5, 5.41) is 0.674. The van der Waals surface area contributed by atoms with Gasteiger partial charge in [-0.2, -0.15) is 13.2 Å². The predicted molar refractivity (Wildman–Crippen MR) is 69.6 cm³/mol. The van der Waals surface area contributed by atoms with Crippen LogP contribution in [0.15, 0.2) is 18.2 Å². The molecule has 0 saturated heterocycles. The Morgan fingerprint density at radius 1 is 1.28 bits per heavy atom. The fraction of sp³-hybridized carbons (Fsp3) is 0.455. The van der Waals surface area contributed by atoms with Crippen LogP contribution in [0.3, 0.4) is 0 Å². The van der Waals surface area contributed by atoms with Crippen molar-refractivity contribution in [2.45, 2.75) is 10.8 Å². The fourth-order valence-corrected chi connectivity index (χ4v) is 1.97. The molecule has 18 heavy (non-hydrogen) atoms. The monoisotopic (exact) mass is 344 g/mol. The highest BCUT2D eigenvalue weighted by Crippen LogP contribution is 2.31. The molecule has 1 aromatic rings. The lowest BCUT2D eigenvalue weighted by Gasteiger charge is -2.12. The largest absolute Gasteiger partial charge is 0.493 e. The fourth-order valence-electron chi connectivity index (χ4n) is 1.22. The Morgan fingerprint density at radius 3 is 2.56 bits per heavy atom. The first-order valence-corrected chi connectivity index (χ1v) is 7.13. The molecule has 0 saturated carbocycles. The molecule has 0 radical (unpaired) electrons. The van der Waals surface area contributed by atoms with Crippen molar-refractivity contribution in [3.05, 3.63) is 23.8 Å². The van der Waals surface area contributed by atoms with E-state index < -0.39 is 5.51 Å². The quantitative estimate of drug-likeness (QED) is 0.568. The molecular weight excluding hydrogens is 333 g/mol. The maximum Gasteiger partial charge on any atom is 0.441 e. The number of hydrogen-bond acceptors (Lipinski definition) is 3. The van der Waals surface area contributed by atoms with Crippen LogP contribution in [-0.4, -0.2) is 25.0 Å². The summed E-state index contributed by atoms with van der Waals surface area (Å²) in [7, 11) is 1.49. The molecule has 0 aliphatic carbocycles. The van der Waals surface area contributed by atoms with Crippen LogP contribution < -0.4 is 9.47 Å². The van der Waals surface area contributed by atoms with Crippen LogP contribution in [0.2, 0.25) is 0 Å². The number of halogens is 4. The lowest BCUT2D eigenvalue weighted by atomic mass is 10.2. The van der Waals surface area contributed by atoms with Gasteiger partial charge < -0.3 is 9.47 Å². The van der Waals surface area contributed by atoms with Crippen molar-refractivity contribution in [3.8, 4) is 11.5 Å². The first-order chi connectivity index (χ1) is 8.46. The van der Waals surface area contributed by atoms with Crippen LogP contribution >= 0.6 is 27.7 Å². The molecule has 1 rings (SSSR count). The Kier molecular flexibility index (Phi) is 6.14. The molecule has 102 valence electrons. The molecule has 0 aliphatic heterocycles. The summed E-state index contributed by atoms with van der Waals surface area (Å²) in [5.74, 6) is 0.821. The van der Waals surface area contributed by atoms with Gasteiger partial charge in [0, 0.05) is 11.1 Å². The SMILES string of the molecule is COc1cc(CBr)ccc1OCCSC(F)(F)F. The van der Waals surface area contributed by atoms with Gasteiger partial charge in [-0.25, -0.2) is 0 Å². The Hall–Kier alpha value is -0.560. The Bertz CT molecular complexity index is 385. The van der Waals surface area contributed by atoms with E-state index in [0.717, 1.165) is 5.56 Å². The molecule has 0 heterocycles. The van der Waals surface area contributed by atoms with E-state index in [0.29, 0.717) is 16.8 Å². The summed E-state index contributed by atoms with van der Waals surface area (Å²) in [6.07, 6.45) is 0. The molecule has 1 aromatic carbocycles. The third kappa shape index (κ3) is 5.39. The van der Waals surface area contributed by atoms with E-state index in [1.54, 1.807) is 12.1 Å². The van der Waals surface area contributed by atoms with E-state index in [-0.39, 0.29) is 24.1 Å². The number of ether oxygens (including phenoxy) is 2. The predicted octanol–water partition coefficient (Wildman–Crippen LogP) is 4.22. The molecule has 0 aromatic heterocycles. The van der Waals surface area contributed by atoms with Gasteiger partial charge in [0.25, 0.3) is 0 Å². The Balaban J connectivity index is 2.51. The van der Waals surface area contributed by atoms with Gasteiger partial charge in [0.05, 0.1) is 13.7 Å². The second kappa shape index (κ2) is 7.13. The van der Waals surface area contributed by atoms with E-state index in [1.165, 1.54) is 7.11 Å². The molecule has 0 N–H and O–H groups in total. The van der Waals surface area contributed by atoms with E-state index in [2.05, 4.69) is 15.9 Å². The molecule has 7 heteroatoms. The van der Waals surface area contributed by atoms with Crippen molar-refractivity contribution >= 4 is 27.7 Å². The number of hydrogen-bond donors (Lipinski definition) is 0. The van der Waals surface area contributed by atoms with Crippen LogP contribution in [0.1, 0.15) is 5.56 Å². The summed E-state index contributed by atoms with van der Waals surface area (Å²) >= 11 is 3.21. The maximum absolute atomic E-state index is 11.9. The first-order valence-electron chi connectivity index (χ1n) is 5.02. The van der Waals surface area contributed by atoms with Crippen molar-refractivity contribution in [3.63, 3.8) is 0 Å². The highest BCUT2D eigenvalue weighted by molar-refractivity contribution is 9.08. The number of alkyl halides is 4. The van der Waals surface area contributed by atoms with Crippen molar-refractivity contribution in [2.75, 3.05) is 19.5 Å². The van der Waals surface area contributed by atoms with Crippen LogP contribution in [0, 0.1) is 0 Å². The average molecular weight is 345 g/mol. The second-order valence-electron chi connectivity index (χ2n) is 3.26. The molecule has 0 bridgehead atoms. The van der Waals surface area contributed by atoms with Crippen molar-refractivity contribution in [1.29, 1.82) is 0 Å². The van der Waals surface area contributed by atoms with Gasteiger partial charge in [0.15, 0.2) is 11.5 Å². The molecule has 0 spiro atoms. The third-order valence-corrected chi connectivity index (χ3v) is 3.33. The molecule has 0 unspecified atom stereocenters. The van der Waals surface area contributed by atoms with Crippen LogP contribution in [0.25, 0.3) is 0 Å². The molecule has 0 aliphatic rings. The minimum atomic E-state index is -4.22. The Morgan fingerprint density at radius 2 is 2.00 bits per heavy atom. The summed E-state index contributed by atoms with van der Waals surface area (Å²) in [6, 6.07) is 5.29. The normalized spacial score (nSPS) is 11.4. The summed E-state index contributed by atoms with van der Waals surface area (Å²) in [6.45, 7) is -0.0196. The van der Waals surface area contributed by atoms with Gasteiger partial charge in [-0.15, -0.1) is 0 Å². The lowest BCUT2D eigenvalue weighted by Crippen LogP contribution is -2.08. The minimum Gasteiger partial charge on any atom is -0.493 e. The number of rotatable bonds is 6. The van der Waals surface area contributed by atoms with Crippen molar-refractivity contribution in [2.24, 2.45) is 0 Å². The number of thioether (sulfide) groups is 1. The van der Waals surface area contributed by atoms with Crippen molar-refractivity contribution in [1.82, 2.24) is 0 Å². The number of benzene rings is 1. The smallest absolute Gasteiger partial charge is 0.441 e. The lowest BCUT2D eigenvalue weighted by molar-refractivity contribution is -0.0329. The highest BCUT2D eigenvalue weighted by atomic mass is 79.9. The van der Waals surface area contributed by atoms with Gasteiger partial charge in [-0.3, -0.25) is 0 Å². The summed E-state index contributed by atoms with van der Waals surface area (Å²) in [5.41, 5.74) is -3.21. The molecule has 2 nitrogen and oxygen atoms in total. The molecule has 0 amide bonds. The van der Waals surface area contributed by atoms with Gasteiger partial charge in [0.2, 0.25) is 0 Å². The van der Waals surface area contributed by atoms with E-state index in [4.69, 9.17) is 9.47 Å². The zero-order chi connectivity index (χ0) is 13.6. The third-order valence-electron chi connectivity index (χ3n) is 1.99. The maximum atomic E-state index is 11.9. The topological polar surface area (TPSA) is 18.5 Å². The van der Waals surface area contributed by atoms with E-state index in [1.807, 2.05) is 6.07 Å². The van der Waals surface area contributed by atoms with Crippen LogP contribution in [0.5, 0.6) is 11.5 Å². The second-order valence-corrected chi connectivity index (χ2v) is 4.98. The van der Waals surface area contributed by atoms with E-state index in [9.17, 15) is 13.2 Å². The zero-order valence-electron chi connectivity index (χ0n) is 9.59. The van der Waals surface area contributed by atoms with E-state index >= 15 is 0 Å². The van der Waals surface area contributed by atoms with Gasteiger partial charge in [0.1, 0.15) is 0 Å². The summed E-state index contributed by atoms with van der Waals surface area (Å²) in [4.78, 5) is 0. The standard InChI is InChI=1S/C11H12BrF3O2S/c1-16-10-6-8(7-12)2-3-9(10)17-4-5-18-11(13,14)15/h2-3,6H,4-5,7H2,1H3. The first kappa shape index (κ1) is 15.5. The number of methoxy groups -OCH3 is 1. The van der Waals surface area contributed by atoms with Crippen LogP contribution in [0.4, 0.5) is 13.2 Å². The summed E-state index contributed by atoms with van der Waals surface area (Å²) < 4.78 is 46.1. The van der Waals surface area contributed by atoms with Crippen molar-refractivity contribution < 1.29 is 22.6 Å². The highest BCUT2D eigenvalue weighted by Gasteiger charge is 2.27. The molecular formula is C11H12BrF3O2S. The zero-order valence-corrected chi connectivity index (χ0v) is 12.0. The average Bonchev–Trinajstić information content (AvgIpc) is 2.33. The Labute approximate surface area is 116 Å². The minimum absolute atomic E-state index is 0.0196. The van der Waals surface area contributed by atoms with Gasteiger partial charge >= 0.3 is 5.51 Å².